The first-order chi connectivity index (χ1) is 19.1. The number of fused-ring (bicyclic) bond motifs is 4. The van der Waals surface area contributed by atoms with Gasteiger partial charge in [0.25, 0.3) is 5.56 Å². The number of hydrazine groups is 1. The highest BCUT2D eigenvalue weighted by atomic mass is 32.1. The Kier molecular flexibility index (Phi) is 6.83. The molecule has 0 saturated heterocycles. The van der Waals surface area contributed by atoms with Crippen LogP contribution in [-0.4, -0.2) is 21.8 Å². The highest BCUT2D eigenvalue weighted by molar-refractivity contribution is 7.80. The Morgan fingerprint density at radius 2 is 1.87 bits per heavy atom. The molecular formula is C30H31N5O3S. The molecule has 8 nitrogen and oxygen atoms in total. The number of nitrogens with one attached hydrogen (secondary N) is 3. The van der Waals surface area contributed by atoms with Crippen LogP contribution in [0.3, 0.4) is 0 Å². The first-order valence-corrected chi connectivity index (χ1v) is 13.7. The molecule has 0 unspecified atom stereocenters. The summed E-state index contributed by atoms with van der Waals surface area (Å²) in [5, 5.41) is 3.45. The molecule has 0 amide bonds. The largest absolute Gasteiger partial charge is 0.497 e. The number of nitrogens with zero attached hydrogens (tertiary/aromatic N) is 2. The number of ether oxygens (including phenoxy) is 1. The fraction of sp³-hybridized carbons (Fsp3) is 0.300. The van der Waals surface area contributed by atoms with Gasteiger partial charge in [-0.1, -0.05) is 43.5 Å². The molecule has 39 heavy (non-hydrogen) atoms. The third kappa shape index (κ3) is 4.78. The van der Waals surface area contributed by atoms with Crippen LogP contribution < -0.4 is 26.5 Å². The standard InChI is InChI=1S/C30H31N5O3S/c1-37-22-13-11-21(12-14-22)35-27(36)25-26(32-28(35)33-34-29(39)31-19-23-9-7-17-38-23)24-10-4-3-8-20(24)18-30(25)15-5-2-6-16-30/h3-4,7-14,17H,2,5-6,15-16,18-19H2,1H3,(H,32,33)(H2,31,34,39). The zero-order chi connectivity index (χ0) is 26.8. The summed E-state index contributed by atoms with van der Waals surface area (Å²) in [6.07, 6.45) is 7.88. The third-order valence-electron chi connectivity index (χ3n) is 7.85. The molecule has 2 aliphatic rings. The van der Waals surface area contributed by atoms with E-state index in [9.17, 15) is 4.79 Å². The van der Waals surface area contributed by atoms with Crippen LogP contribution >= 0.6 is 12.2 Å². The summed E-state index contributed by atoms with van der Waals surface area (Å²) >= 11 is 5.48. The molecule has 6 rings (SSSR count). The van der Waals surface area contributed by atoms with E-state index in [2.05, 4.69) is 34.4 Å². The van der Waals surface area contributed by atoms with Crippen molar-refractivity contribution in [1.29, 1.82) is 0 Å². The van der Waals surface area contributed by atoms with E-state index < -0.39 is 0 Å². The number of aromatic nitrogens is 2. The second-order valence-electron chi connectivity index (χ2n) is 10.2. The number of anilines is 1. The van der Waals surface area contributed by atoms with E-state index in [0.717, 1.165) is 54.7 Å². The van der Waals surface area contributed by atoms with Crippen LogP contribution in [0.15, 0.2) is 76.1 Å². The predicted octanol–water partition coefficient (Wildman–Crippen LogP) is 5.25. The van der Waals surface area contributed by atoms with Gasteiger partial charge in [0.15, 0.2) is 5.11 Å². The van der Waals surface area contributed by atoms with Crippen molar-refractivity contribution in [2.24, 2.45) is 0 Å². The maximum atomic E-state index is 14.6. The van der Waals surface area contributed by atoms with Crippen LogP contribution in [-0.2, 0) is 18.4 Å². The number of furan rings is 1. The molecule has 2 aromatic carbocycles. The molecule has 4 aromatic rings. The topological polar surface area (TPSA) is 93.3 Å². The van der Waals surface area contributed by atoms with Gasteiger partial charge in [-0.25, -0.2) is 9.55 Å². The Labute approximate surface area is 232 Å². The zero-order valence-corrected chi connectivity index (χ0v) is 22.6. The maximum absolute atomic E-state index is 14.6. The molecule has 0 bridgehead atoms. The highest BCUT2D eigenvalue weighted by Crippen LogP contribution is 2.48. The van der Waals surface area contributed by atoms with E-state index in [1.165, 1.54) is 12.0 Å². The van der Waals surface area contributed by atoms with Crippen LogP contribution in [0.2, 0.25) is 0 Å². The monoisotopic (exact) mass is 541 g/mol. The molecule has 2 aromatic heterocycles. The van der Waals surface area contributed by atoms with Crippen LogP contribution in [0.25, 0.3) is 16.9 Å². The van der Waals surface area contributed by atoms with Crippen molar-refractivity contribution in [3.63, 3.8) is 0 Å². The number of thiocarbonyl (C=S) groups is 1. The van der Waals surface area contributed by atoms with Crippen molar-refractivity contribution >= 4 is 23.3 Å². The SMILES string of the molecule is COc1ccc(-n2c(NNC(=S)NCc3ccco3)nc3c(c2=O)C2(CCCCC2)Cc2ccccc2-3)cc1. The first kappa shape index (κ1) is 25.2. The minimum Gasteiger partial charge on any atom is -0.497 e. The van der Waals surface area contributed by atoms with Gasteiger partial charge in [0, 0.05) is 11.0 Å². The summed E-state index contributed by atoms with van der Waals surface area (Å²) < 4.78 is 12.4. The van der Waals surface area contributed by atoms with Crippen molar-refractivity contribution in [2.45, 2.75) is 50.5 Å². The lowest BCUT2D eigenvalue weighted by Gasteiger charge is -2.42. The Balaban J connectivity index is 1.45. The van der Waals surface area contributed by atoms with E-state index in [1.54, 1.807) is 17.9 Å². The van der Waals surface area contributed by atoms with Crippen molar-refractivity contribution in [3.8, 4) is 22.7 Å². The molecule has 1 spiro atoms. The van der Waals surface area contributed by atoms with Gasteiger partial charge < -0.3 is 14.5 Å². The van der Waals surface area contributed by atoms with Gasteiger partial charge in [0.1, 0.15) is 11.5 Å². The van der Waals surface area contributed by atoms with Crippen molar-refractivity contribution in [2.75, 3.05) is 12.5 Å². The third-order valence-corrected chi connectivity index (χ3v) is 8.09. The van der Waals surface area contributed by atoms with E-state index in [1.807, 2.05) is 42.5 Å². The molecule has 0 radical (unpaired) electrons. The zero-order valence-electron chi connectivity index (χ0n) is 21.8. The van der Waals surface area contributed by atoms with Crippen LogP contribution in [0.4, 0.5) is 5.95 Å². The van der Waals surface area contributed by atoms with E-state index in [-0.39, 0.29) is 11.0 Å². The maximum Gasteiger partial charge on any atom is 0.263 e. The first-order valence-electron chi connectivity index (χ1n) is 13.3. The molecule has 200 valence electrons. The second kappa shape index (κ2) is 10.6. The van der Waals surface area contributed by atoms with E-state index in [4.69, 9.17) is 26.4 Å². The molecule has 2 aliphatic carbocycles. The highest BCUT2D eigenvalue weighted by Gasteiger charge is 2.43. The number of hydrogen-bond acceptors (Lipinski definition) is 6. The van der Waals surface area contributed by atoms with Gasteiger partial charge in [0.05, 0.1) is 36.9 Å². The van der Waals surface area contributed by atoms with Crippen molar-refractivity contribution in [3.05, 3.63) is 94.2 Å². The van der Waals surface area contributed by atoms with E-state index in [0.29, 0.717) is 29.0 Å². The number of benzene rings is 2. The summed E-state index contributed by atoms with van der Waals surface area (Å²) in [6, 6.07) is 19.5. The molecule has 9 heteroatoms. The number of rotatable bonds is 6. The summed E-state index contributed by atoms with van der Waals surface area (Å²) in [5.74, 6) is 1.83. The average Bonchev–Trinajstić information content (AvgIpc) is 3.49. The van der Waals surface area contributed by atoms with E-state index >= 15 is 0 Å². The Bertz CT molecular complexity index is 1540. The van der Waals surface area contributed by atoms with Crippen LogP contribution in [0, 0.1) is 0 Å². The quantitative estimate of drug-likeness (QED) is 0.225. The molecule has 1 saturated carbocycles. The van der Waals surface area contributed by atoms with Gasteiger partial charge in [0.2, 0.25) is 5.95 Å². The van der Waals surface area contributed by atoms with Crippen molar-refractivity contribution in [1.82, 2.24) is 20.3 Å². The lowest BCUT2D eigenvalue weighted by Crippen LogP contribution is -2.44. The molecule has 3 N–H and O–H groups in total. The smallest absolute Gasteiger partial charge is 0.263 e. The van der Waals surface area contributed by atoms with Crippen molar-refractivity contribution < 1.29 is 9.15 Å². The lowest BCUT2D eigenvalue weighted by atomic mass is 9.62. The predicted molar refractivity (Wildman–Crippen MR) is 155 cm³/mol. The minimum atomic E-state index is -0.216. The van der Waals surface area contributed by atoms with Gasteiger partial charge in [-0.2, -0.15) is 0 Å². The minimum absolute atomic E-state index is 0.0552. The van der Waals surface area contributed by atoms with Gasteiger partial charge >= 0.3 is 0 Å². The van der Waals surface area contributed by atoms with Crippen LogP contribution in [0.1, 0.15) is 49.0 Å². The summed E-state index contributed by atoms with van der Waals surface area (Å²) in [5.41, 5.74) is 10.4. The Hall–Kier alpha value is -4.11. The summed E-state index contributed by atoms with van der Waals surface area (Å²) in [4.78, 5) is 19.7. The average molecular weight is 542 g/mol. The van der Waals surface area contributed by atoms with Gasteiger partial charge in [-0.05, 0) is 73.4 Å². The van der Waals surface area contributed by atoms with Gasteiger partial charge in [-0.15, -0.1) is 0 Å². The lowest BCUT2D eigenvalue weighted by molar-refractivity contribution is 0.284. The normalized spacial score (nSPS) is 15.2. The van der Waals surface area contributed by atoms with Crippen LogP contribution in [0.5, 0.6) is 5.75 Å². The molecule has 1 fully saturated rings. The fourth-order valence-corrected chi connectivity index (χ4v) is 6.12. The second-order valence-corrected chi connectivity index (χ2v) is 10.6. The molecule has 0 aliphatic heterocycles. The number of methoxy groups -OCH3 is 1. The molecule has 2 heterocycles. The molecular weight excluding hydrogens is 510 g/mol. The summed E-state index contributed by atoms with van der Waals surface area (Å²) in [6.45, 7) is 0.430. The fourth-order valence-electron chi connectivity index (χ4n) is 6.00. The summed E-state index contributed by atoms with van der Waals surface area (Å²) in [7, 11) is 1.62. The van der Waals surface area contributed by atoms with Gasteiger partial charge in [-0.3, -0.25) is 15.6 Å². The Morgan fingerprint density at radius 1 is 1.08 bits per heavy atom. The number of hydrogen-bond donors (Lipinski definition) is 3. The molecule has 0 atom stereocenters. The Morgan fingerprint density at radius 3 is 2.62 bits per heavy atom.